The summed E-state index contributed by atoms with van der Waals surface area (Å²) in [5.74, 6) is 0.00504. The molecule has 0 radical (unpaired) electrons. The molecule has 2 amide bonds. The van der Waals surface area contributed by atoms with Crippen LogP contribution in [-0.4, -0.2) is 44.3 Å². The molecule has 1 saturated heterocycles. The van der Waals surface area contributed by atoms with E-state index in [1.54, 1.807) is 6.92 Å². The number of ether oxygens (including phenoxy) is 2. The predicted octanol–water partition coefficient (Wildman–Crippen LogP) is 3.88. The fraction of sp³-hybridized carbons (Fsp3) is 0.440. The smallest absolute Gasteiger partial charge is 0.407 e. The predicted molar refractivity (Wildman–Crippen MR) is 124 cm³/mol. The lowest BCUT2D eigenvalue weighted by Gasteiger charge is -2.44. The van der Waals surface area contributed by atoms with Crippen LogP contribution in [0.2, 0.25) is 0 Å². The Bertz CT molecular complexity index is 959. The fourth-order valence-corrected chi connectivity index (χ4v) is 4.60. The van der Waals surface area contributed by atoms with Crippen LogP contribution in [0.15, 0.2) is 48.5 Å². The molecule has 2 aromatic carbocycles. The van der Waals surface area contributed by atoms with Gasteiger partial charge < -0.3 is 24.6 Å². The second kappa shape index (κ2) is 9.61. The Labute approximate surface area is 189 Å². The van der Waals surface area contributed by atoms with Gasteiger partial charge in [0.15, 0.2) is 0 Å². The van der Waals surface area contributed by atoms with Crippen molar-refractivity contribution in [3.05, 3.63) is 59.7 Å². The molecule has 0 aliphatic carbocycles. The number of hydrogen-bond donors (Lipinski definition) is 1. The van der Waals surface area contributed by atoms with Gasteiger partial charge in [0, 0.05) is 48.9 Å². The molecule has 0 bridgehead atoms. The SMILES string of the molecule is CC(=O)N1c2ccc(N3CCOCC3)cc2C(NC(=O)OCc2ccccc2)C(C)C1C. The average Bonchev–Trinajstić information content (AvgIpc) is 2.81. The number of nitrogens with one attached hydrogen (secondary N) is 1. The second-order valence-corrected chi connectivity index (χ2v) is 8.52. The third-order valence-electron chi connectivity index (χ3n) is 6.50. The Balaban J connectivity index is 1.60. The Kier molecular flexibility index (Phi) is 6.65. The summed E-state index contributed by atoms with van der Waals surface area (Å²) in [7, 11) is 0. The van der Waals surface area contributed by atoms with Crippen molar-refractivity contribution in [1.29, 1.82) is 0 Å². The molecule has 4 rings (SSSR count). The summed E-state index contributed by atoms with van der Waals surface area (Å²) < 4.78 is 11.0. The van der Waals surface area contributed by atoms with Gasteiger partial charge in [-0.05, 0) is 30.7 Å². The van der Waals surface area contributed by atoms with Crippen molar-refractivity contribution in [2.75, 3.05) is 36.1 Å². The van der Waals surface area contributed by atoms with Crippen LogP contribution >= 0.6 is 0 Å². The van der Waals surface area contributed by atoms with Crippen molar-refractivity contribution in [2.24, 2.45) is 5.92 Å². The molecule has 2 aliphatic rings. The molecule has 3 atom stereocenters. The Morgan fingerprint density at radius 1 is 1.09 bits per heavy atom. The molecule has 32 heavy (non-hydrogen) atoms. The third kappa shape index (κ3) is 4.58. The molecule has 1 fully saturated rings. The van der Waals surface area contributed by atoms with Crippen molar-refractivity contribution in [1.82, 2.24) is 5.32 Å². The summed E-state index contributed by atoms with van der Waals surface area (Å²) in [6.45, 7) is 8.90. The number of morpholine rings is 1. The van der Waals surface area contributed by atoms with E-state index in [2.05, 4.69) is 23.2 Å². The molecule has 1 N–H and O–H groups in total. The minimum Gasteiger partial charge on any atom is -0.445 e. The standard InChI is InChI=1S/C25H31N3O4/c1-17-18(2)28(19(3)29)23-10-9-21(27-11-13-31-14-12-27)15-22(23)24(17)26-25(30)32-16-20-7-5-4-6-8-20/h4-10,15,17-18,24H,11-14,16H2,1-3H3,(H,26,30). The van der Waals surface area contributed by atoms with Crippen molar-refractivity contribution in [3.8, 4) is 0 Å². The number of rotatable bonds is 4. The van der Waals surface area contributed by atoms with Gasteiger partial charge in [-0.25, -0.2) is 4.79 Å². The van der Waals surface area contributed by atoms with Gasteiger partial charge in [0.2, 0.25) is 5.91 Å². The first-order valence-corrected chi connectivity index (χ1v) is 11.2. The third-order valence-corrected chi connectivity index (χ3v) is 6.50. The van der Waals surface area contributed by atoms with Crippen LogP contribution in [0.4, 0.5) is 16.2 Å². The zero-order valence-corrected chi connectivity index (χ0v) is 18.9. The van der Waals surface area contributed by atoms with Gasteiger partial charge >= 0.3 is 6.09 Å². The minimum atomic E-state index is -0.461. The number of hydrogen-bond acceptors (Lipinski definition) is 5. The highest BCUT2D eigenvalue weighted by Gasteiger charge is 2.39. The molecule has 170 valence electrons. The average molecular weight is 438 g/mol. The van der Waals surface area contributed by atoms with E-state index in [9.17, 15) is 9.59 Å². The van der Waals surface area contributed by atoms with Crippen molar-refractivity contribution >= 4 is 23.4 Å². The number of anilines is 2. The summed E-state index contributed by atoms with van der Waals surface area (Å²) in [6, 6.07) is 15.4. The molecular weight excluding hydrogens is 406 g/mol. The molecule has 2 heterocycles. The summed E-state index contributed by atoms with van der Waals surface area (Å²) in [5, 5.41) is 3.07. The molecule has 0 saturated carbocycles. The van der Waals surface area contributed by atoms with Crippen LogP contribution in [-0.2, 0) is 20.9 Å². The number of carbonyl (C=O) groups is 2. The number of carbonyl (C=O) groups excluding carboxylic acids is 2. The van der Waals surface area contributed by atoms with Crippen molar-refractivity contribution in [3.63, 3.8) is 0 Å². The van der Waals surface area contributed by atoms with Crippen LogP contribution in [0.1, 0.15) is 37.9 Å². The minimum absolute atomic E-state index is 0.00479. The molecule has 3 unspecified atom stereocenters. The molecular formula is C25H31N3O4. The quantitative estimate of drug-likeness (QED) is 0.786. The van der Waals surface area contributed by atoms with Gasteiger partial charge in [0.05, 0.1) is 19.3 Å². The summed E-state index contributed by atoms with van der Waals surface area (Å²) in [5.41, 5.74) is 3.78. The van der Waals surface area contributed by atoms with Crippen LogP contribution in [0.25, 0.3) is 0 Å². The topological polar surface area (TPSA) is 71.1 Å². The van der Waals surface area contributed by atoms with E-state index in [1.807, 2.05) is 54.3 Å². The lowest BCUT2D eigenvalue weighted by Crippen LogP contribution is -2.50. The van der Waals surface area contributed by atoms with E-state index >= 15 is 0 Å². The summed E-state index contributed by atoms with van der Waals surface area (Å²) in [4.78, 5) is 29.3. The number of benzene rings is 2. The summed E-state index contributed by atoms with van der Waals surface area (Å²) >= 11 is 0. The first-order valence-electron chi connectivity index (χ1n) is 11.2. The van der Waals surface area contributed by atoms with Gasteiger partial charge in [0.1, 0.15) is 6.61 Å². The maximum Gasteiger partial charge on any atom is 0.407 e. The van der Waals surface area contributed by atoms with E-state index in [1.165, 1.54) is 0 Å². The van der Waals surface area contributed by atoms with Crippen LogP contribution in [0, 0.1) is 5.92 Å². The number of fused-ring (bicyclic) bond motifs is 1. The maximum atomic E-state index is 12.7. The van der Waals surface area contributed by atoms with Crippen LogP contribution in [0.5, 0.6) is 0 Å². The monoisotopic (exact) mass is 437 g/mol. The van der Waals surface area contributed by atoms with Gasteiger partial charge in [-0.1, -0.05) is 37.3 Å². The number of amides is 2. The molecule has 2 aromatic rings. The molecule has 7 heteroatoms. The van der Waals surface area contributed by atoms with Gasteiger partial charge in [-0.2, -0.15) is 0 Å². The molecule has 0 spiro atoms. The number of nitrogens with zero attached hydrogens (tertiary/aromatic N) is 2. The zero-order chi connectivity index (χ0) is 22.7. The normalized spacial score (nSPS) is 22.8. The number of alkyl carbamates (subject to hydrolysis) is 1. The summed E-state index contributed by atoms with van der Waals surface area (Å²) in [6.07, 6.45) is -0.461. The highest BCUT2D eigenvalue weighted by molar-refractivity contribution is 5.94. The lowest BCUT2D eigenvalue weighted by atomic mass is 9.82. The zero-order valence-electron chi connectivity index (χ0n) is 18.9. The highest BCUT2D eigenvalue weighted by atomic mass is 16.5. The van der Waals surface area contributed by atoms with E-state index in [-0.39, 0.29) is 30.5 Å². The lowest BCUT2D eigenvalue weighted by molar-refractivity contribution is -0.117. The van der Waals surface area contributed by atoms with Crippen LogP contribution in [0.3, 0.4) is 0 Å². The molecule has 7 nitrogen and oxygen atoms in total. The van der Waals surface area contributed by atoms with E-state index in [0.717, 1.165) is 35.6 Å². The van der Waals surface area contributed by atoms with Gasteiger partial charge in [-0.15, -0.1) is 0 Å². The first kappa shape index (κ1) is 22.1. The van der Waals surface area contributed by atoms with E-state index in [4.69, 9.17) is 9.47 Å². The van der Waals surface area contributed by atoms with Crippen molar-refractivity contribution in [2.45, 2.75) is 39.5 Å². The van der Waals surface area contributed by atoms with Gasteiger partial charge in [-0.3, -0.25) is 4.79 Å². The molecule has 2 aliphatic heterocycles. The Morgan fingerprint density at radius 2 is 1.81 bits per heavy atom. The fourth-order valence-electron chi connectivity index (χ4n) is 4.60. The van der Waals surface area contributed by atoms with E-state index < -0.39 is 6.09 Å². The van der Waals surface area contributed by atoms with Crippen molar-refractivity contribution < 1.29 is 19.1 Å². The van der Waals surface area contributed by atoms with Crippen LogP contribution < -0.4 is 15.1 Å². The van der Waals surface area contributed by atoms with Gasteiger partial charge in [0.25, 0.3) is 0 Å². The van der Waals surface area contributed by atoms with E-state index in [0.29, 0.717) is 13.2 Å². The molecule has 0 aromatic heterocycles. The highest BCUT2D eigenvalue weighted by Crippen LogP contribution is 2.42. The second-order valence-electron chi connectivity index (χ2n) is 8.52. The Morgan fingerprint density at radius 3 is 2.50 bits per heavy atom. The maximum absolute atomic E-state index is 12.7. The first-order chi connectivity index (χ1) is 15.5. The Hall–Kier alpha value is -3.06. The largest absolute Gasteiger partial charge is 0.445 e.